The van der Waals surface area contributed by atoms with Crippen molar-refractivity contribution >= 4 is 5.78 Å². The van der Waals surface area contributed by atoms with Crippen LogP contribution in [0.15, 0.2) is 18.2 Å². The van der Waals surface area contributed by atoms with Gasteiger partial charge in [-0.1, -0.05) is 19.4 Å². The Kier molecular flexibility index (Phi) is 3.13. The highest BCUT2D eigenvalue weighted by Crippen LogP contribution is 2.35. The van der Waals surface area contributed by atoms with E-state index in [4.69, 9.17) is 9.47 Å². The van der Waals surface area contributed by atoms with E-state index in [-0.39, 0.29) is 5.78 Å². The average Bonchev–Trinajstić information content (AvgIpc) is 2.69. The maximum atomic E-state index is 11.1. The summed E-state index contributed by atoms with van der Waals surface area (Å²) in [6.07, 6.45) is 2.62. The second-order valence-corrected chi connectivity index (χ2v) is 4.06. The zero-order chi connectivity index (χ0) is 11.5. The van der Waals surface area contributed by atoms with E-state index in [1.54, 1.807) is 0 Å². The minimum atomic E-state index is -0.753. The highest BCUT2D eigenvalue weighted by Gasteiger charge is 2.27. The molecule has 1 aromatic rings. The van der Waals surface area contributed by atoms with Gasteiger partial charge in [-0.3, -0.25) is 4.79 Å². The molecular weight excluding hydrogens is 204 g/mol. The summed E-state index contributed by atoms with van der Waals surface area (Å²) in [4.78, 5) is 11.1. The van der Waals surface area contributed by atoms with Crippen molar-refractivity contribution in [3.63, 3.8) is 0 Å². The molecule has 2 rings (SSSR count). The van der Waals surface area contributed by atoms with Crippen molar-refractivity contribution in [2.45, 2.75) is 39.4 Å². The van der Waals surface area contributed by atoms with Crippen molar-refractivity contribution in [2.75, 3.05) is 0 Å². The summed E-state index contributed by atoms with van der Waals surface area (Å²) >= 11 is 0. The van der Waals surface area contributed by atoms with Crippen LogP contribution in [-0.4, -0.2) is 12.1 Å². The molecule has 0 aliphatic carbocycles. The van der Waals surface area contributed by atoms with Crippen LogP contribution in [-0.2, 0) is 11.2 Å². The molecule has 1 atom stereocenters. The van der Waals surface area contributed by atoms with Gasteiger partial charge in [0.25, 0.3) is 0 Å². The molecule has 0 N–H and O–H groups in total. The molecule has 0 spiro atoms. The van der Waals surface area contributed by atoms with E-state index in [2.05, 4.69) is 6.92 Å². The molecule has 3 nitrogen and oxygen atoms in total. The zero-order valence-corrected chi connectivity index (χ0v) is 9.66. The minimum absolute atomic E-state index is 0.105. The van der Waals surface area contributed by atoms with Crippen LogP contribution >= 0.6 is 0 Å². The molecule has 0 bridgehead atoms. The Balaban J connectivity index is 2.11. The highest BCUT2D eigenvalue weighted by molar-refractivity contribution is 5.80. The fraction of sp³-hybridized carbons (Fsp3) is 0.462. The van der Waals surface area contributed by atoms with Gasteiger partial charge in [0.15, 0.2) is 11.5 Å². The topological polar surface area (TPSA) is 35.5 Å². The number of unbranched alkanes of at least 4 members (excludes halogenated alkanes) is 1. The van der Waals surface area contributed by atoms with Crippen molar-refractivity contribution in [2.24, 2.45) is 0 Å². The molecule has 16 heavy (non-hydrogen) atoms. The summed E-state index contributed by atoms with van der Waals surface area (Å²) in [5, 5.41) is 0. The van der Waals surface area contributed by atoms with Crippen LogP contribution < -0.4 is 9.47 Å². The van der Waals surface area contributed by atoms with Crippen molar-refractivity contribution in [3.05, 3.63) is 23.8 Å². The van der Waals surface area contributed by atoms with Crippen LogP contribution in [0.25, 0.3) is 0 Å². The Morgan fingerprint density at radius 1 is 1.31 bits per heavy atom. The lowest BCUT2D eigenvalue weighted by Crippen LogP contribution is -2.26. The molecule has 0 radical (unpaired) electrons. The number of ether oxygens (including phenoxy) is 2. The van der Waals surface area contributed by atoms with E-state index in [1.165, 1.54) is 18.9 Å². The lowest BCUT2D eigenvalue weighted by molar-refractivity contribution is -0.132. The van der Waals surface area contributed by atoms with Crippen molar-refractivity contribution in [1.29, 1.82) is 0 Å². The van der Waals surface area contributed by atoms with Gasteiger partial charge in [-0.2, -0.15) is 0 Å². The minimum Gasteiger partial charge on any atom is -0.444 e. The van der Waals surface area contributed by atoms with Gasteiger partial charge >= 0.3 is 6.29 Å². The number of ketones is 1. The largest absolute Gasteiger partial charge is 0.444 e. The smallest absolute Gasteiger partial charge is 0.300 e. The van der Waals surface area contributed by atoms with Crippen molar-refractivity contribution in [3.8, 4) is 11.5 Å². The molecule has 0 aromatic heterocycles. The van der Waals surface area contributed by atoms with Gasteiger partial charge in [-0.15, -0.1) is 0 Å². The van der Waals surface area contributed by atoms with Gasteiger partial charge in [-0.05, 0) is 30.5 Å². The van der Waals surface area contributed by atoms with E-state index in [0.717, 1.165) is 12.8 Å². The Morgan fingerprint density at radius 2 is 2.06 bits per heavy atom. The first kappa shape index (κ1) is 11.0. The van der Waals surface area contributed by atoms with Gasteiger partial charge in [0, 0.05) is 6.92 Å². The molecule has 1 unspecified atom stereocenters. The number of hydrogen-bond donors (Lipinski definition) is 0. The van der Waals surface area contributed by atoms with Gasteiger partial charge in [0.2, 0.25) is 5.78 Å². The Labute approximate surface area is 95.4 Å². The molecule has 1 aliphatic heterocycles. The second kappa shape index (κ2) is 4.56. The number of hydrogen-bond acceptors (Lipinski definition) is 3. The summed E-state index contributed by atoms with van der Waals surface area (Å²) in [6, 6.07) is 5.87. The van der Waals surface area contributed by atoms with E-state index in [0.29, 0.717) is 11.5 Å². The number of carbonyl (C=O) groups is 1. The number of aryl methyl sites for hydroxylation is 1. The van der Waals surface area contributed by atoms with Crippen LogP contribution in [0.1, 0.15) is 32.3 Å². The molecule has 0 amide bonds. The van der Waals surface area contributed by atoms with Crippen LogP contribution in [0.5, 0.6) is 11.5 Å². The number of rotatable bonds is 4. The number of benzene rings is 1. The monoisotopic (exact) mass is 220 g/mol. The number of fused-ring (bicyclic) bond motifs is 1. The lowest BCUT2D eigenvalue weighted by Gasteiger charge is -2.04. The molecule has 1 aromatic carbocycles. The number of carbonyl (C=O) groups excluding carboxylic acids is 1. The summed E-state index contributed by atoms with van der Waals surface area (Å²) in [5.41, 5.74) is 1.23. The van der Waals surface area contributed by atoms with Crippen LogP contribution in [0.3, 0.4) is 0 Å². The van der Waals surface area contributed by atoms with Crippen LogP contribution in [0, 0.1) is 0 Å². The molecule has 0 saturated heterocycles. The van der Waals surface area contributed by atoms with Gasteiger partial charge in [0.1, 0.15) is 0 Å². The van der Waals surface area contributed by atoms with Gasteiger partial charge in [0.05, 0.1) is 0 Å². The first-order valence-electron chi connectivity index (χ1n) is 5.67. The normalized spacial score (nSPS) is 17.5. The van der Waals surface area contributed by atoms with E-state index >= 15 is 0 Å². The third-order valence-corrected chi connectivity index (χ3v) is 2.63. The Bertz CT molecular complexity index is 398. The van der Waals surface area contributed by atoms with Crippen molar-refractivity contribution in [1.82, 2.24) is 0 Å². The molecule has 1 aliphatic rings. The predicted molar refractivity (Wildman–Crippen MR) is 60.8 cm³/mol. The van der Waals surface area contributed by atoms with E-state index in [9.17, 15) is 4.79 Å². The summed E-state index contributed by atoms with van der Waals surface area (Å²) in [7, 11) is 0. The summed E-state index contributed by atoms with van der Waals surface area (Å²) in [6.45, 7) is 3.63. The second-order valence-electron chi connectivity index (χ2n) is 4.06. The lowest BCUT2D eigenvalue weighted by atomic mass is 10.1. The average molecular weight is 220 g/mol. The molecule has 86 valence electrons. The third-order valence-electron chi connectivity index (χ3n) is 2.63. The van der Waals surface area contributed by atoms with Gasteiger partial charge < -0.3 is 9.47 Å². The molecular formula is C13H16O3. The zero-order valence-electron chi connectivity index (χ0n) is 9.66. The van der Waals surface area contributed by atoms with Gasteiger partial charge in [-0.25, -0.2) is 0 Å². The standard InChI is InChI=1S/C13H16O3/c1-3-4-5-10-6-7-11-12(8-10)16-13(15-11)9(2)14/h6-8,13H,3-5H2,1-2H3. The fourth-order valence-corrected chi connectivity index (χ4v) is 1.70. The van der Waals surface area contributed by atoms with E-state index < -0.39 is 6.29 Å². The van der Waals surface area contributed by atoms with Crippen LogP contribution in [0.4, 0.5) is 0 Å². The third kappa shape index (κ3) is 2.18. The van der Waals surface area contributed by atoms with Crippen LogP contribution in [0.2, 0.25) is 0 Å². The first-order chi connectivity index (χ1) is 7.70. The maximum absolute atomic E-state index is 11.1. The first-order valence-corrected chi connectivity index (χ1v) is 5.67. The molecule has 0 fully saturated rings. The summed E-state index contributed by atoms with van der Waals surface area (Å²) < 4.78 is 10.8. The Morgan fingerprint density at radius 3 is 2.75 bits per heavy atom. The SMILES string of the molecule is CCCCc1ccc2c(c1)OC(C(C)=O)O2. The molecule has 0 saturated carbocycles. The quantitative estimate of drug-likeness (QED) is 0.782. The highest BCUT2D eigenvalue weighted by atomic mass is 16.7. The van der Waals surface area contributed by atoms with Crippen molar-refractivity contribution < 1.29 is 14.3 Å². The maximum Gasteiger partial charge on any atom is 0.300 e. The number of Topliss-reactive ketones (excluding diaryl/α,β-unsaturated/α-hetero) is 1. The molecule has 3 heteroatoms. The molecule has 1 heterocycles. The van der Waals surface area contributed by atoms with E-state index in [1.807, 2.05) is 18.2 Å². The summed E-state index contributed by atoms with van der Waals surface area (Å²) in [5.74, 6) is 1.25. The fourth-order valence-electron chi connectivity index (χ4n) is 1.70. The Hall–Kier alpha value is -1.51. The predicted octanol–water partition coefficient (Wildman–Crippen LogP) is 2.72.